The number of carbonyl (C=O) groups is 1. The molecule has 0 bridgehead atoms. The number of hydrogen-bond acceptors (Lipinski definition) is 6. The molecular formula is C25H27ClN2O6S. The number of amides is 1. The third-order valence-corrected chi connectivity index (χ3v) is 6.95. The fourth-order valence-electron chi connectivity index (χ4n) is 3.45. The summed E-state index contributed by atoms with van der Waals surface area (Å²) >= 11 is 6.03. The molecule has 0 saturated carbocycles. The Morgan fingerprint density at radius 1 is 0.857 bits per heavy atom. The number of benzene rings is 3. The minimum atomic E-state index is -4.15. The van der Waals surface area contributed by atoms with E-state index in [-0.39, 0.29) is 28.6 Å². The monoisotopic (exact) mass is 518 g/mol. The van der Waals surface area contributed by atoms with Gasteiger partial charge in [0.05, 0.1) is 21.3 Å². The van der Waals surface area contributed by atoms with Crippen LogP contribution < -0.4 is 24.2 Å². The van der Waals surface area contributed by atoms with Gasteiger partial charge in [-0.3, -0.25) is 4.79 Å². The maximum Gasteiger partial charge on any atom is 0.245 e. The first kappa shape index (κ1) is 26.3. The van der Waals surface area contributed by atoms with E-state index in [2.05, 4.69) is 10.0 Å². The fraction of sp³-hybridized carbons (Fsp3) is 0.240. The summed E-state index contributed by atoms with van der Waals surface area (Å²) < 4.78 is 44.7. The van der Waals surface area contributed by atoms with Gasteiger partial charge in [0.2, 0.25) is 15.9 Å². The zero-order chi connectivity index (χ0) is 25.4. The molecular weight excluding hydrogens is 492 g/mol. The van der Waals surface area contributed by atoms with Crippen molar-refractivity contribution in [1.82, 2.24) is 10.0 Å². The maximum absolute atomic E-state index is 13.2. The Morgan fingerprint density at radius 3 is 2.17 bits per heavy atom. The molecule has 35 heavy (non-hydrogen) atoms. The van der Waals surface area contributed by atoms with Gasteiger partial charge in [0, 0.05) is 11.6 Å². The zero-order valence-corrected chi connectivity index (χ0v) is 21.2. The van der Waals surface area contributed by atoms with Gasteiger partial charge in [0.1, 0.15) is 16.7 Å². The Kier molecular flexibility index (Phi) is 8.97. The van der Waals surface area contributed by atoms with E-state index in [1.54, 1.807) is 18.2 Å². The summed E-state index contributed by atoms with van der Waals surface area (Å²) in [5.74, 6) is 0.709. The van der Waals surface area contributed by atoms with Crippen LogP contribution in [0, 0.1) is 0 Å². The summed E-state index contributed by atoms with van der Waals surface area (Å²) in [6.45, 7) is 0.159. The van der Waals surface area contributed by atoms with Crippen LogP contribution in [-0.2, 0) is 27.8 Å². The minimum absolute atomic E-state index is 0.117. The molecule has 1 amide bonds. The SMILES string of the molecule is COc1ccc(CNC(=O)[C@H](Cc2ccccc2)NS(=O)(=O)c2cc(Cl)ccc2OC)cc1OC. The lowest BCUT2D eigenvalue weighted by atomic mass is 10.1. The second kappa shape index (κ2) is 11.9. The molecule has 0 radical (unpaired) electrons. The predicted molar refractivity (Wildman–Crippen MR) is 134 cm³/mol. The number of sulfonamides is 1. The highest BCUT2D eigenvalue weighted by Gasteiger charge is 2.28. The van der Waals surface area contributed by atoms with Gasteiger partial charge in [-0.2, -0.15) is 4.72 Å². The van der Waals surface area contributed by atoms with Crippen LogP contribution in [0.15, 0.2) is 71.6 Å². The number of halogens is 1. The Labute approximate surface area is 210 Å². The van der Waals surface area contributed by atoms with E-state index in [1.807, 2.05) is 30.3 Å². The second-order valence-electron chi connectivity index (χ2n) is 7.57. The van der Waals surface area contributed by atoms with Crippen LogP contribution in [0.5, 0.6) is 17.2 Å². The maximum atomic E-state index is 13.2. The van der Waals surface area contributed by atoms with Crippen molar-refractivity contribution < 1.29 is 27.4 Å². The summed E-state index contributed by atoms with van der Waals surface area (Å²) in [7, 11) is 0.270. The number of hydrogen-bond donors (Lipinski definition) is 2. The van der Waals surface area contributed by atoms with Gasteiger partial charge < -0.3 is 19.5 Å². The van der Waals surface area contributed by atoms with Crippen LogP contribution in [0.25, 0.3) is 0 Å². The number of ether oxygens (including phenoxy) is 3. The molecule has 0 heterocycles. The number of methoxy groups -OCH3 is 3. The number of carbonyl (C=O) groups excluding carboxylic acids is 1. The Morgan fingerprint density at radius 2 is 1.51 bits per heavy atom. The van der Waals surface area contributed by atoms with Crippen LogP contribution >= 0.6 is 11.6 Å². The highest BCUT2D eigenvalue weighted by atomic mass is 35.5. The molecule has 8 nitrogen and oxygen atoms in total. The molecule has 186 valence electrons. The zero-order valence-electron chi connectivity index (χ0n) is 19.6. The van der Waals surface area contributed by atoms with Gasteiger partial charge >= 0.3 is 0 Å². The molecule has 3 rings (SSSR count). The van der Waals surface area contributed by atoms with E-state index in [4.69, 9.17) is 25.8 Å². The lowest BCUT2D eigenvalue weighted by molar-refractivity contribution is -0.122. The molecule has 3 aromatic rings. The van der Waals surface area contributed by atoms with E-state index in [1.165, 1.54) is 39.5 Å². The van der Waals surface area contributed by atoms with Crippen LogP contribution in [0.3, 0.4) is 0 Å². The Hall–Kier alpha value is -3.27. The quantitative estimate of drug-likeness (QED) is 0.402. The van der Waals surface area contributed by atoms with Crippen molar-refractivity contribution in [3.8, 4) is 17.2 Å². The highest BCUT2D eigenvalue weighted by molar-refractivity contribution is 7.89. The van der Waals surface area contributed by atoms with Gasteiger partial charge in [-0.1, -0.05) is 48.0 Å². The molecule has 0 aliphatic rings. The van der Waals surface area contributed by atoms with Crippen molar-refractivity contribution in [2.75, 3.05) is 21.3 Å². The lowest BCUT2D eigenvalue weighted by Gasteiger charge is -2.20. The van der Waals surface area contributed by atoms with Crippen molar-refractivity contribution in [3.63, 3.8) is 0 Å². The topological polar surface area (TPSA) is 103 Å². The van der Waals surface area contributed by atoms with Crippen molar-refractivity contribution in [1.29, 1.82) is 0 Å². The van der Waals surface area contributed by atoms with Gasteiger partial charge in [0.15, 0.2) is 11.5 Å². The van der Waals surface area contributed by atoms with Crippen LogP contribution in [-0.4, -0.2) is 41.7 Å². The summed E-state index contributed by atoms with van der Waals surface area (Å²) in [6.07, 6.45) is 0.140. The fourth-order valence-corrected chi connectivity index (χ4v) is 5.08. The van der Waals surface area contributed by atoms with Crippen molar-refractivity contribution >= 4 is 27.5 Å². The number of nitrogens with one attached hydrogen (secondary N) is 2. The predicted octanol–water partition coefficient (Wildman–Crippen LogP) is 3.57. The molecule has 0 aliphatic carbocycles. The molecule has 0 aliphatic heterocycles. The van der Waals surface area contributed by atoms with E-state index < -0.39 is 22.0 Å². The van der Waals surface area contributed by atoms with E-state index >= 15 is 0 Å². The van der Waals surface area contributed by atoms with Gasteiger partial charge in [-0.25, -0.2) is 8.42 Å². The van der Waals surface area contributed by atoms with Crippen molar-refractivity contribution in [2.45, 2.75) is 23.9 Å². The summed E-state index contributed by atoms with van der Waals surface area (Å²) in [5.41, 5.74) is 1.55. The van der Waals surface area contributed by atoms with Crippen LogP contribution in [0.2, 0.25) is 5.02 Å². The lowest BCUT2D eigenvalue weighted by Crippen LogP contribution is -2.47. The normalized spacial score (nSPS) is 12.0. The molecule has 0 unspecified atom stereocenters. The molecule has 3 aromatic carbocycles. The van der Waals surface area contributed by atoms with E-state index in [0.717, 1.165) is 11.1 Å². The first-order chi connectivity index (χ1) is 16.8. The third-order valence-electron chi connectivity index (χ3n) is 5.23. The molecule has 0 fully saturated rings. The summed E-state index contributed by atoms with van der Waals surface area (Å²) in [5, 5.41) is 3.03. The summed E-state index contributed by atoms with van der Waals surface area (Å²) in [6, 6.07) is 17.6. The molecule has 0 aromatic heterocycles. The van der Waals surface area contributed by atoms with E-state index in [0.29, 0.717) is 11.5 Å². The van der Waals surface area contributed by atoms with Crippen molar-refractivity contribution in [2.24, 2.45) is 0 Å². The highest BCUT2D eigenvalue weighted by Crippen LogP contribution is 2.28. The molecule has 1 atom stereocenters. The van der Waals surface area contributed by atoms with Crippen LogP contribution in [0.4, 0.5) is 0 Å². The van der Waals surface area contributed by atoms with Crippen molar-refractivity contribution in [3.05, 3.63) is 82.9 Å². The van der Waals surface area contributed by atoms with Gasteiger partial charge in [-0.05, 0) is 47.9 Å². The smallest absolute Gasteiger partial charge is 0.245 e. The third kappa shape index (κ3) is 6.88. The van der Waals surface area contributed by atoms with Crippen LogP contribution in [0.1, 0.15) is 11.1 Å². The molecule has 0 saturated heterocycles. The molecule has 0 spiro atoms. The Balaban J connectivity index is 1.84. The average molecular weight is 519 g/mol. The van der Waals surface area contributed by atoms with E-state index in [9.17, 15) is 13.2 Å². The minimum Gasteiger partial charge on any atom is -0.495 e. The molecule has 2 N–H and O–H groups in total. The standard InChI is InChI=1S/C25H27ClN2O6S/c1-32-21-11-9-18(14-23(21)34-3)16-27-25(29)20(13-17-7-5-4-6-8-17)28-35(30,31)24-15-19(26)10-12-22(24)33-2/h4-12,14-15,20,28H,13,16H2,1-3H3,(H,27,29)/t20-/m0/s1. The largest absolute Gasteiger partial charge is 0.495 e. The first-order valence-electron chi connectivity index (χ1n) is 10.7. The number of rotatable bonds is 11. The first-order valence-corrected chi connectivity index (χ1v) is 12.5. The second-order valence-corrected chi connectivity index (χ2v) is 9.68. The van der Waals surface area contributed by atoms with Gasteiger partial charge in [-0.15, -0.1) is 0 Å². The molecule has 10 heteroatoms. The van der Waals surface area contributed by atoms with Gasteiger partial charge in [0.25, 0.3) is 0 Å². The Bertz CT molecular complexity index is 1270. The average Bonchev–Trinajstić information content (AvgIpc) is 2.87. The summed E-state index contributed by atoms with van der Waals surface area (Å²) in [4.78, 5) is 13.0.